The number of nitrogens with zero attached hydrogens (tertiary/aromatic N) is 2. The largest absolute Gasteiger partial charge is 0.483 e. The second-order valence-electron chi connectivity index (χ2n) is 7.94. The monoisotopic (exact) mass is 424 g/mol. The molecule has 1 aromatic heterocycles. The van der Waals surface area contributed by atoms with Gasteiger partial charge in [0.15, 0.2) is 0 Å². The van der Waals surface area contributed by atoms with Crippen molar-refractivity contribution in [3.8, 4) is 0 Å². The summed E-state index contributed by atoms with van der Waals surface area (Å²) in [5.41, 5.74) is 4.80. The van der Waals surface area contributed by atoms with Crippen molar-refractivity contribution in [2.75, 3.05) is 20.2 Å². The van der Waals surface area contributed by atoms with Crippen LogP contribution in [0.5, 0.6) is 0 Å². The van der Waals surface area contributed by atoms with Gasteiger partial charge in [0.1, 0.15) is 0 Å². The number of methoxy groups -OCH3 is 1. The highest BCUT2D eigenvalue weighted by Gasteiger charge is 2.28. The van der Waals surface area contributed by atoms with Crippen LogP contribution in [0.3, 0.4) is 0 Å². The van der Waals surface area contributed by atoms with Crippen molar-refractivity contribution in [1.82, 2.24) is 9.88 Å². The van der Waals surface area contributed by atoms with Crippen LogP contribution < -0.4 is 0 Å². The Hall–Kier alpha value is -3.22. The van der Waals surface area contributed by atoms with E-state index in [0.29, 0.717) is 17.0 Å². The van der Waals surface area contributed by atoms with Crippen molar-refractivity contribution in [2.45, 2.75) is 38.5 Å². The molecule has 2 heterocycles. The first kappa shape index (κ1) is 22.5. The number of aromatic nitrogens is 1. The minimum Gasteiger partial charge on any atom is -0.483 e. The Morgan fingerprint density at radius 2 is 2.00 bits per heavy atom. The molecule has 1 N–H and O–H groups in total. The average Bonchev–Trinajstić information content (AvgIpc) is 3.26. The Kier molecular flexibility index (Phi) is 7.76. The lowest BCUT2D eigenvalue weighted by atomic mass is 9.95. The molecule has 1 saturated heterocycles. The van der Waals surface area contributed by atoms with E-state index in [1.54, 1.807) is 12.3 Å². The van der Waals surface area contributed by atoms with Gasteiger partial charge in [0.05, 0.1) is 18.2 Å². The quantitative estimate of drug-likeness (QED) is 0.598. The zero-order valence-electron chi connectivity index (χ0n) is 17.8. The Labute approximate surface area is 182 Å². The van der Waals surface area contributed by atoms with Gasteiger partial charge in [-0.15, -0.1) is 0 Å². The second-order valence-corrected chi connectivity index (χ2v) is 7.94. The molecule has 1 fully saturated rings. The summed E-state index contributed by atoms with van der Waals surface area (Å²) in [7, 11) is 1.39. The first-order chi connectivity index (χ1) is 15.0. The maximum atomic E-state index is 12.9. The predicted octanol–water partition coefficient (Wildman–Crippen LogP) is 3.15. The molecule has 1 amide bonds. The van der Waals surface area contributed by atoms with E-state index in [4.69, 9.17) is 14.6 Å². The molecule has 1 unspecified atom stereocenters. The second kappa shape index (κ2) is 10.7. The van der Waals surface area contributed by atoms with Crippen molar-refractivity contribution in [3.63, 3.8) is 0 Å². The number of carbonyl (C=O) groups excluding carboxylic acids is 2. The van der Waals surface area contributed by atoms with Crippen LogP contribution in [-0.4, -0.2) is 53.5 Å². The van der Waals surface area contributed by atoms with Gasteiger partial charge in [-0.25, -0.2) is 4.79 Å². The number of hydrogen-bond donors (Lipinski definition) is 1. The highest BCUT2D eigenvalue weighted by atomic mass is 16.5. The van der Waals surface area contributed by atoms with E-state index in [9.17, 15) is 9.59 Å². The van der Waals surface area contributed by atoms with E-state index in [1.807, 2.05) is 23.1 Å². The number of likely N-dealkylation sites (tertiary alicyclic amines) is 1. The number of pyridine rings is 1. The molecule has 1 aliphatic heterocycles. The van der Waals surface area contributed by atoms with Crippen LogP contribution in [0.1, 0.15) is 56.8 Å². The van der Waals surface area contributed by atoms with Gasteiger partial charge >= 0.3 is 5.97 Å². The lowest BCUT2D eigenvalue weighted by molar-refractivity contribution is -0.122. The van der Waals surface area contributed by atoms with Gasteiger partial charge in [-0.05, 0) is 73.8 Å². The number of fused-ring (bicyclic) bond motifs is 1. The summed E-state index contributed by atoms with van der Waals surface area (Å²) < 4.78 is 4.80. The van der Waals surface area contributed by atoms with Crippen LogP contribution in [0.25, 0.3) is 0 Å². The summed E-state index contributed by atoms with van der Waals surface area (Å²) in [6.07, 6.45) is 8.02. The Balaban J connectivity index is 0.000000858. The van der Waals surface area contributed by atoms with E-state index < -0.39 is 0 Å². The Bertz CT molecular complexity index is 943. The SMILES string of the molecule is COC(=O)c1cccc(CC2CCN(C(=O)c3cnc4c(c3)CCCC4)C2)c1.O=CO. The standard InChI is InChI=1S/C23H26N2O3.CH2O2/c1-28-23(27)19-7-4-5-16(12-19)11-17-9-10-25(15-17)22(26)20-13-18-6-2-3-8-21(18)24-14-20;2-1-3/h4-5,7,12-14,17H,2-3,6,8-11,15H2,1H3;1H,(H,2,3). The number of rotatable bonds is 4. The zero-order chi connectivity index (χ0) is 22.2. The summed E-state index contributed by atoms with van der Waals surface area (Å²) in [5.74, 6) is 0.180. The van der Waals surface area contributed by atoms with Crippen LogP contribution in [0.15, 0.2) is 36.5 Å². The molecule has 0 bridgehead atoms. The van der Waals surface area contributed by atoms with E-state index in [0.717, 1.165) is 50.0 Å². The van der Waals surface area contributed by atoms with E-state index in [-0.39, 0.29) is 18.3 Å². The predicted molar refractivity (Wildman–Crippen MR) is 115 cm³/mol. The van der Waals surface area contributed by atoms with Crippen molar-refractivity contribution < 1.29 is 24.2 Å². The third-order valence-corrected chi connectivity index (χ3v) is 5.86. The smallest absolute Gasteiger partial charge is 0.337 e. The van der Waals surface area contributed by atoms with Crippen molar-refractivity contribution in [2.24, 2.45) is 5.92 Å². The molecule has 7 heteroatoms. The number of carboxylic acid groups (broad SMARTS) is 1. The lowest BCUT2D eigenvalue weighted by Gasteiger charge is -2.19. The van der Waals surface area contributed by atoms with Crippen molar-refractivity contribution in [1.29, 1.82) is 0 Å². The summed E-state index contributed by atoms with van der Waals surface area (Å²) >= 11 is 0. The van der Waals surface area contributed by atoms with Crippen molar-refractivity contribution >= 4 is 18.3 Å². The molecule has 4 rings (SSSR count). The minimum atomic E-state index is -0.315. The van der Waals surface area contributed by atoms with Crippen molar-refractivity contribution in [3.05, 3.63) is 64.5 Å². The number of hydrogen-bond acceptors (Lipinski definition) is 5. The summed E-state index contributed by atoms with van der Waals surface area (Å²) in [5, 5.41) is 6.89. The molecule has 1 aromatic carbocycles. The number of ether oxygens (including phenoxy) is 1. The normalized spacial score (nSPS) is 17.2. The molecule has 31 heavy (non-hydrogen) atoms. The number of benzene rings is 1. The summed E-state index contributed by atoms with van der Waals surface area (Å²) in [4.78, 5) is 39.5. The molecule has 1 atom stereocenters. The van der Waals surface area contributed by atoms with Crippen LogP contribution in [0, 0.1) is 5.92 Å². The van der Waals surface area contributed by atoms with Gasteiger partial charge in [-0.2, -0.15) is 0 Å². The molecule has 0 saturated carbocycles. The van der Waals surface area contributed by atoms with Gasteiger partial charge in [-0.1, -0.05) is 12.1 Å². The highest BCUT2D eigenvalue weighted by Crippen LogP contribution is 2.25. The number of amides is 1. The van der Waals surface area contributed by atoms with E-state index in [2.05, 4.69) is 11.1 Å². The van der Waals surface area contributed by atoms with Crippen LogP contribution in [-0.2, 0) is 28.8 Å². The maximum absolute atomic E-state index is 12.9. The van der Waals surface area contributed by atoms with Gasteiger partial charge in [-0.3, -0.25) is 14.6 Å². The van der Waals surface area contributed by atoms with Gasteiger partial charge in [0, 0.05) is 25.0 Å². The highest BCUT2D eigenvalue weighted by molar-refractivity contribution is 5.94. The topological polar surface area (TPSA) is 96.8 Å². The fourth-order valence-corrected chi connectivity index (χ4v) is 4.35. The number of carbonyl (C=O) groups is 3. The molecule has 2 aromatic rings. The molecule has 7 nitrogen and oxygen atoms in total. The molecular weight excluding hydrogens is 396 g/mol. The first-order valence-corrected chi connectivity index (χ1v) is 10.6. The fraction of sp³-hybridized carbons (Fsp3) is 0.417. The Morgan fingerprint density at radius 3 is 2.77 bits per heavy atom. The van der Waals surface area contributed by atoms with E-state index >= 15 is 0 Å². The molecule has 2 aliphatic rings. The molecule has 164 valence electrons. The summed E-state index contributed by atoms with van der Waals surface area (Å²) in [6, 6.07) is 9.63. The fourth-order valence-electron chi connectivity index (χ4n) is 4.35. The third kappa shape index (κ3) is 5.69. The Morgan fingerprint density at radius 1 is 1.23 bits per heavy atom. The zero-order valence-corrected chi connectivity index (χ0v) is 17.8. The van der Waals surface area contributed by atoms with E-state index in [1.165, 1.54) is 25.5 Å². The molecule has 0 spiro atoms. The van der Waals surface area contributed by atoms with Crippen LogP contribution >= 0.6 is 0 Å². The number of esters is 1. The average molecular weight is 424 g/mol. The molecule has 0 radical (unpaired) electrons. The molecular formula is C24H28N2O5. The van der Waals surface area contributed by atoms with Crippen LogP contribution in [0.4, 0.5) is 0 Å². The van der Waals surface area contributed by atoms with Gasteiger partial charge in [0.25, 0.3) is 12.4 Å². The maximum Gasteiger partial charge on any atom is 0.337 e. The minimum absolute atomic E-state index is 0.0895. The van der Waals surface area contributed by atoms with Gasteiger partial charge < -0.3 is 14.7 Å². The van der Waals surface area contributed by atoms with Crippen LogP contribution in [0.2, 0.25) is 0 Å². The third-order valence-electron chi connectivity index (χ3n) is 5.86. The molecule has 1 aliphatic carbocycles. The van der Waals surface area contributed by atoms with Gasteiger partial charge in [0.2, 0.25) is 0 Å². The summed E-state index contributed by atoms with van der Waals surface area (Å²) in [6.45, 7) is 1.27. The lowest BCUT2D eigenvalue weighted by Crippen LogP contribution is -2.29. The number of aryl methyl sites for hydroxylation is 2. The first-order valence-electron chi connectivity index (χ1n) is 10.6.